The summed E-state index contributed by atoms with van der Waals surface area (Å²) in [6.45, 7) is 0. The van der Waals surface area contributed by atoms with Gasteiger partial charge in [0.15, 0.2) is 0 Å². The van der Waals surface area contributed by atoms with Gasteiger partial charge in [0, 0.05) is 6.07 Å². The molecule has 118 valence electrons. The number of rotatable bonds is 5. The first-order chi connectivity index (χ1) is 11.2. The second kappa shape index (κ2) is 6.16. The van der Waals surface area contributed by atoms with E-state index in [9.17, 15) is 14.9 Å². The maximum absolute atomic E-state index is 11.8. The molecule has 1 aromatic carbocycles. The van der Waals surface area contributed by atoms with Gasteiger partial charge in [-0.15, -0.1) is 0 Å². The Labute approximate surface area is 133 Å². The molecule has 0 saturated heterocycles. The standard InChI is InChI=1S/C17H17N3O3/c21-13-19(16-9-8-15(12-18-16)20(22)23)17(10-4-5-11-17)14-6-2-1-3-7-14/h1-3,6-9,12-13H,4-5,10-11H2. The Morgan fingerprint density at radius 2 is 1.83 bits per heavy atom. The molecule has 0 spiro atoms. The summed E-state index contributed by atoms with van der Waals surface area (Å²) in [6, 6.07) is 12.8. The zero-order valence-corrected chi connectivity index (χ0v) is 12.6. The molecule has 1 fully saturated rings. The van der Waals surface area contributed by atoms with Gasteiger partial charge < -0.3 is 0 Å². The van der Waals surface area contributed by atoms with Crippen LogP contribution in [0.1, 0.15) is 31.2 Å². The number of pyridine rings is 1. The molecule has 1 aliphatic rings. The predicted molar refractivity (Wildman–Crippen MR) is 86.0 cm³/mol. The normalized spacial score (nSPS) is 16.0. The SMILES string of the molecule is O=CN(c1ccc([N+](=O)[O-])cn1)C1(c2ccccc2)CCCC1. The number of nitro groups is 1. The molecule has 6 nitrogen and oxygen atoms in total. The molecule has 0 bridgehead atoms. The summed E-state index contributed by atoms with van der Waals surface area (Å²) in [5.74, 6) is 0.441. The van der Waals surface area contributed by atoms with Gasteiger partial charge in [-0.3, -0.25) is 19.8 Å². The van der Waals surface area contributed by atoms with Gasteiger partial charge in [0.2, 0.25) is 6.41 Å². The molecule has 23 heavy (non-hydrogen) atoms. The molecule has 1 aliphatic carbocycles. The van der Waals surface area contributed by atoms with Crippen molar-refractivity contribution in [2.75, 3.05) is 4.90 Å². The van der Waals surface area contributed by atoms with Crippen molar-refractivity contribution in [3.8, 4) is 0 Å². The molecule has 1 heterocycles. The van der Waals surface area contributed by atoms with Crippen LogP contribution in [0.2, 0.25) is 0 Å². The molecule has 1 aromatic heterocycles. The van der Waals surface area contributed by atoms with Crippen molar-refractivity contribution in [1.82, 2.24) is 4.98 Å². The van der Waals surface area contributed by atoms with Crippen LogP contribution in [0.4, 0.5) is 11.5 Å². The largest absolute Gasteiger partial charge is 0.289 e. The van der Waals surface area contributed by atoms with E-state index in [2.05, 4.69) is 4.98 Å². The van der Waals surface area contributed by atoms with E-state index < -0.39 is 10.5 Å². The van der Waals surface area contributed by atoms with E-state index in [4.69, 9.17) is 0 Å². The number of anilines is 1. The third-order valence-corrected chi connectivity index (χ3v) is 4.50. The third-order valence-electron chi connectivity index (χ3n) is 4.50. The number of carbonyl (C=O) groups is 1. The summed E-state index contributed by atoms with van der Waals surface area (Å²) in [6.07, 6.45) is 5.76. The number of hydrogen-bond acceptors (Lipinski definition) is 4. The summed E-state index contributed by atoms with van der Waals surface area (Å²) in [5.41, 5.74) is 0.566. The zero-order chi connectivity index (χ0) is 16.3. The van der Waals surface area contributed by atoms with Crippen molar-refractivity contribution in [2.24, 2.45) is 0 Å². The molecule has 1 amide bonds. The molecule has 2 aromatic rings. The Morgan fingerprint density at radius 1 is 1.13 bits per heavy atom. The first-order valence-electron chi connectivity index (χ1n) is 7.58. The van der Waals surface area contributed by atoms with Crippen molar-refractivity contribution in [3.05, 3.63) is 64.3 Å². The molecule has 1 saturated carbocycles. The van der Waals surface area contributed by atoms with Crippen molar-refractivity contribution < 1.29 is 9.72 Å². The van der Waals surface area contributed by atoms with Gasteiger partial charge in [-0.25, -0.2) is 4.98 Å². The van der Waals surface area contributed by atoms with Crippen LogP contribution in [-0.2, 0) is 10.3 Å². The first-order valence-corrected chi connectivity index (χ1v) is 7.58. The van der Waals surface area contributed by atoms with Crippen LogP contribution in [-0.4, -0.2) is 16.3 Å². The first kappa shape index (κ1) is 15.1. The molecular formula is C17H17N3O3. The third kappa shape index (κ3) is 2.67. The van der Waals surface area contributed by atoms with Crippen LogP contribution in [0.15, 0.2) is 48.7 Å². The molecule has 6 heteroatoms. The average Bonchev–Trinajstić information content (AvgIpc) is 3.07. The van der Waals surface area contributed by atoms with Crippen molar-refractivity contribution in [3.63, 3.8) is 0 Å². The van der Waals surface area contributed by atoms with Crippen LogP contribution >= 0.6 is 0 Å². The van der Waals surface area contributed by atoms with Gasteiger partial charge in [-0.1, -0.05) is 43.2 Å². The smallest absolute Gasteiger partial charge is 0.287 e. The molecule has 0 unspecified atom stereocenters. The lowest BCUT2D eigenvalue weighted by atomic mass is 9.86. The van der Waals surface area contributed by atoms with Crippen LogP contribution < -0.4 is 4.90 Å². The predicted octanol–water partition coefficient (Wildman–Crippen LogP) is 3.42. The maximum Gasteiger partial charge on any atom is 0.287 e. The Hall–Kier alpha value is -2.76. The highest BCUT2D eigenvalue weighted by Gasteiger charge is 2.42. The van der Waals surface area contributed by atoms with Gasteiger partial charge in [0.1, 0.15) is 12.0 Å². The summed E-state index contributed by atoms with van der Waals surface area (Å²) >= 11 is 0. The Bertz CT molecular complexity index is 695. The van der Waals surface area contributed by atoms with Crippen molar-refractivity contribution >= 4 is 17.9 Å². The molecular weight excluding hydrogens is 294 g/mol. The Balaban J connectivity index is 2.03. The van der Waals surface area contributed by atoms with Crippen molar-refractivity contribution in [1.29, 1.82) is 0 Å². The molecule has 0 N–H and O–H groups in total. The number of aromatic nitrogens is 1. The molecule has 3 rings (SSSR count). The molecule has 0 radical (unpaired) electrons. The van der Waals surface area contributed by atoms with E-state index in [1.54, 1.807) is 4.90 Å². The summed E-state index contributed by atoms with van der Waals surface area (Å²) in [5, 5.41) is 10.8. The van der Waals surface area contributed by atoms with Crippen molar-refractivity contribution in [2.45, 2.75) is 31.2 Å². The number of benzene rings is 1. The van der Waals surface area contributed by atoms with E-state index in [0.717, 1.165) is 37.7 Å². The Morgan fingerprint density at radius 3 is 2.35 bits per heavy atom. The highest BCUT2D eigenvalue weighted by atomic mass is 16.6. The number of amides is 1. The minimum atomic E-state index is -0.495. The highest BCUT2D eigenvalue weighted by molar-refractivity contribution is 5.76. The maximum atomic E-state index is 11.8. The van der Waals surface area contributed by atoms with E-state index >= 15 is 0 Å². The van der Waals surface area contributed by atoms with Crippen LogP contribution in [0.5, 0.6) is 0 Å². The van der Waals surface area contributed by atoms with E-state index in [-0.39, 0.29) is 5.69 Å². The number of hydrogen-bond donors (Lipinski definition) is 0. The van der Waals surface area contributed by atoms with Gasteiger partial charge in [-0.2, -0.15) is 0 Å². The average molecular weight is 311 g/mol. The summed E-state index contributed by atoms with van der Waals surface area (Å²) in [4.78, 5) is 27.9. The van der Waals surface area contributed by atoms with Gasteiger partial charge in [0.05, 0.1) is 10.5 Å². The lowest BCUT2D eigenvalue weighted by molar-refractivity contribution is -0.385. The van der Waals surface area contributed by atoms with E-state index in [1.165, 1.54) is 18.3 Å². The van der Waals surface area contributed by atoms with Gasteiger partial charge in [-0.05, 0) is 24.5 Å². The number of nitrogens with zero attached hydrogens (tertiary/aromatic N) is 3. The minimum absolute atomic E-state index is 0.0835. The van der Waals surface area contributed by atoms with Crippen LogP contribution in [0, 0.1) is 10.1 Å². The van der Waals surface area contributed by atoms with E-state index in [0.29, 0.717) is 5.82 Å². The minimum Gasteiger partial charge on any atom is -0.289 e. The fourth-order valence-electron chi connectivity index (χ4n) is 3.38. The lowest BCUT2D eigenvalue weighted by Gasteiger charge is -2.38. The summed E-state index contributed by atoms with van der Waals surface area (Å²) < 4.78 is 0. The van der Waals surface area contributed by atoms with Crippen LogP contribution in [0.25, 0.3) is 0 Å². The fourth-order valence-corrected chi connectivity index (χ4v) is 3.38. The van der Waals surface area contributed by atoms with Gasteiger partial charge in [0.25, 0.3) is 5.69 Å². The quantitative estimate of drug-likeness (QED) is 0.481. The topological polar surface area (TPSA) is 76.3 Å². The monoisotopic (exact) mass is 311 g/mol. The van der Waals surface area contributed by atoms with Crippen LogP contribution in [0.3, 0.4) is 0 Å². The summed E-state index contributed by atoms with van der Waals surface area (Å²) in [7, 11) is 0. The zero-order valence-electron chi connectivity index (χ0n) is 12.6. The highest BCUT2D eigenvalue weighted by Crippen LogP contribution is 2.44. The van der Waals surface area contributed by atoms with Gasteiger partial charge >= 0.3 is 0 Å². The lowest BCUT2D eigenvalue weighted by Crippen LogP contribution is -2.44. The second-order valence-corrected chi connectivity index (χ2v) is 5.71. The second-order valence-electron chi connectivity index (χ2n) is 5.71. The fraction of sp³-hybridized carbons (Fsp3) is 0.294. The molecule has 0 aliphatic heterocycles. The number of carbonyl (C=O) groups excluding carboxylic acids is 1. The molecule has 0 atom stereocenters. The Kier molecular flexibility index (Phi) is 4.06. The van der Waals surface area contributed by atoms with E-state index in [1.807, 2.05) is 30.3 Å².